The molecule has 0 N–H and O–H groups in total. The second kappa shape index (κ2) is 5.19. The van der Waals surface area contributed by atoms with E-state index in [1.54, 1.807) is 32.4 Å². The van der Waals surface area contributed by atoms with Crippen molar-refractivity contribution >= 4 is 5.78 Å². The summed E-state index contributed by atoms with van der Waals surface area (Å²) in [5.74, 6) is 1.31. The van der Waals surface area contributed by atoms with Crippen LogP contribution in [0, 0.1) is 5.92 Å². The Balaban J connectivity index is 2.23. The van der Waals surface area contributed by atoms with Gasteiger partial charge in [0.2, 0.25) is 0 Å². The number of hydrogen-bond donors (Lipinski definition) is 0. The Morgan fingerprint density at radius 3 is 2.65 bits per heavy atom. The second-order valence-corrected chi connectivity index (χ2v) is 3.99. The highest BCUT2D eigenvalue weighted by molar-refractivity contribution is 5.98. The van der Waals surface area contributed by atoms with Crippen LogP contribution in [0.5, 0.6) is 11.5 Å². The van der Waals surface area contributed by atoms with Crippen LogP contribution in [0.25, 0.3) is 0 Å². The molecule has 1 aliphatic heterocycles. The van der Waals surface area contributed by atoms with E-state index in [0.717, 1.165) is 6.42 Å². The first-order chi connectivity index (χ1) is 8.26. The summed E-state index contributed by atoms with van der Waals surface area (Å²) < 4.78 is 15.5. The van der Waals surface area contributed by atoms with Crippen LogP contribution >= 0.6 is 0 Å². The van der Waals surface area contributed by atoms with E-state index in [0.29, 0.717) is 30.3 Å². The third kappa shape index (κ3) is 2.42. The monoisotopic (exact) mass is 236 g/mol. The molecule has 1 aromatic rings. The molecule has 1 fully saturated rings. The van der Waals surface area contributed by atoms with Crippen molar-refractivity contribution in [2.45, 2.75) is 6.42 Å². The number of rotatable bonds is 4. The summed E-state index contributed by atoms with van der Waals surface area (Å²) in [7, 11) is 3.13. The van der Waals surface area contributed by atoms with Gasteiger partial charge in [-0.1, -0.05) is 0 Å². The van der Waals surface area contributed by atoms with Crippen molar-refractivity contribution in [2.24, 2.45) is 5.92 Å². The zero-order valence-electron chi connectivity index (χ0n) is 10.1. The molecule has 1 aliphatic rings. The molecule has 17 heavy (non-hydrogen) atoms. The first-order valence-corrected chi connectivity index (χ1v) is 5.60. The quantitative estimate of drug-likeness (QED) is 0.749. The number of carbonyl (C=O) groups is 1. The van der Waals surface area contributed by atoms with Gasteiger partial charge in [-0.15, -0.1) is 0 Å². The molecule has 0 saturated carbocycles. The molecule has 0 radical (unpaired) electrons. The number of benzene rings is 1. The van der Waals surface area contributed by atoms with Gasteiger partial charge in [0.05, 0.1) is 20.8 Å². The fourth-order valence-corrected chi connectivity index (χ4v) is 1.97. The lowest BCUT2D eigenvalue weighted by Crippen LogP contribution is -2.14. The van der Waals surface area contributed by atoms with Crippen molar-refractivity contribution in [1.82, 2.24) is 0 Å². The highest BCUT2D eigenvalue weighted by Gasteiger charge is 2.25. The van der Waals surface area contributed by atoms with Crippen LogP contribution in [0.15, 0.2) is 18.2 Å². The lowest BCUT2D eigenvalue weighted by molar-refractivity contribution is 0.0900. The minimum Gasteiger partial charge on any atom is -0.493 e. The summed E-state index contributed by atoms with van der Waals surface area (Å²) in [4.78, 5) is 12.1. The summed E-state index contributed by atoms with van der Waals surface area (Å²) in [6.07, 6.45) is 0.799. The fourth-order valence-electron chi connectivity index (χ4n) is 1.97. The predicted molar refractivity (Wildman–Crippen MR) is 62.8 cm³/mol. The number of Topliss-reactive ketones (excluding diaryl/α,β-unsaturated/α-hetero) is 1. The lowest BCUT2D eigenvalue weighted by Gasteiger charge is -2.11. The largest absolute Gasteiger partial charge is 0.493 e. The maximum absolute atomic E-state index is 12.1. The molecule has 4 nitrogen and oxygen atoms in total. The van der Waals surface area contributed by atoms with Crippen LogP contribution in [0.2, 0.25) is 0 Å². The van der Waals surface area contributed by atoms with Crippen molar-refractivity contribution < 1.29 is 19.0 Å². The smallest absolute Gasteiger partial charge is 0.168 e. The Labute approximate surface area is 100 Å². The van der Waals surface area contributed by atoms with Gasteiger partial charge in [0, 0.05) is 18.1 Å². The highest BCUT2D eigenvalue weighted by Crippen LogP contribution is 2.29. The van der Waals surface area contributed by atoms with Crippen molar-refractivity contribution in [3.63, 3.8) is 0 Å². The van der Waals surface area contributed by atoms with E-state index in [4.69, 9.17) is 14.2 Å². The average Bonchev–Trinajstić information content (AvgIpc) is 2.90. The molecule has 1 saturated heterocycles. The zero-order valence-corrected chi connectivity index (χ0v) is 10.1. The Bertz CT molecular complexity index is 408. The molecule has 1 aromatic carbocycles. The summed E-state index contributed by atoms with van der Waals surface area (Å²) in [5.41, 5.74) is 0.651. The van der Waals surface area contributed by atoms with Crippen LogP contribution in [-0.4, -0.2) is 33.2 Å². The Morgan fingerprint density at radius 2 is 2.06 bits per heavy atom. The van der Waals surface area contributed by atoms with Gasteiger partial charge in [-0.2, -0.15) is 0 Å². The molecule has 4 heteroatoms. The molecular weight excluding hydrogens is 220 g/mol. The number of hydrogen-bond acceptors (Lipinski definition) is 4. The molecule has 1 heterocycles. The minimum absolute atomic E-state index is 0.0203. The number of carbonyl (C=O) groups excluding carboxylic acids is 1. The van der Waals surface area contributed by atoms with Crippen molar-refractivity contribution in [2.75, 3.05) is 27.4 Å². The second-order valence-electron chi connectivity index (χ2n) is 3.99. The molecule has 0 aromatic heterocycles. The van der Waals surface area contributed by atoms with Crippen LogP contribution in [0.1, 0.15) is 16.8 Å². The molecule has 2 rings (SSSR count). The number of ketones is 1. The number of methoxy groups -OCH3 is 2. The molecule has 0 amide bonds. The summed E-state index contributed by atoms with van der Waals surface area (Å²) >= 11 is 0. The maximum atomic E-state index is 12.1. The molecule has 1 atom stereocenters. The van der Waals surface area contributed by atoms with E-state index < -0.39 is 0 Å². The Morgan fingerprint density at radius 1 is 1.29 bits per heavy atom. The lowest BCUT2D eigenvalue weighted by atomic mass is 9.97. The van der Waals surface area contributed by atoms with E-state index >= 15 is 0 Å². The van der Waals surface area contributed by atoms with E-state index in [-0.39, 0.29) is 11.7 Å². The first kappa shape index (κ1) is 11.9. The van der Waals surface area contributed by atoms with Crippen molar-refractivity contribution in [3.8, 4) is 11.5 Å². The van der Waals surface area contributed by atoms with Gasteiger partial charge in [0.1, 0.15) is 0 Å². The topological polar surface area (TPSA) is 44.8 Å². The zero-order chi connectivity index (χ0) is 12.3. The summed E-state index contributed by atoms with van der Waals surface area (Å²) in [6, 6.07) is 5.24. The Hall–Kier alpha value is -1.55. The van der Waals surface area contributed by atoms with E-state index in [2.05, 4.69) is 0 Å². The van der Waals surface area contributed by atoms with Crippen LogP contribution in [-0.2, 0) is 4.74 Å². The van der Waals surface area contributed by atoms with Gasteiger partial charge in [-0.25, -0.2) is 0 Å². The van der Waals surface area contributed by atoms with Gasteiger partial charge in [-0.3, -0.25) is 4.79 Å². The minimum atomic E-state index is -0.0203. The molecule has 0 bridgehead atoms. The van der Waals surface area contributed by atoms with E-state index in [1.807, 2.05) is 0 Å². The maximum Gasteiger partial charge on any atom is 0.168 e. The number of ether oxygens (including phenoxy) is 3. The molecular formula is C13H16O4. The van der Waals surface area contributed by atoms with Crippen molar-refractivity contribution in [3.05, 3.63) is 23.8 Å². The Kier molecular flexibility index (Phi) is 3.64. The van der Waals surface area contributed by atoms with Crippen molar-refractivity contribution in [1.29, 1.82) is 0 Å². The standard InChI is InChI=1S/C13H16O4/c1-15-11-4-3-9(7-12(11)16-2)13(14)10-5-6-17-8-10/h3-4,7,10H,5-6,8H2,1-2H3. The molecule has 92 valence electrons. The van der Waals surface area contributed by atoms with E-state index in [1.165, 1.54) is 0 Å². The average molecular weight is 236 g/mol. The van der Waals surface area contributed by atoms with Crippen LogP contribution < -0.4 is 9.47 Å². The molecule has 0 spiro atoms. The van der Waals surface area contributed by atoms with Crippen LogP contribution in [0.4, 0.5) is 0 Å². The summed E-state index contributed by atoms with van der Waals surface area (Å²) in [5, 5.41) is 0. The third-order valence-corrected chi connectivity index (χ3v) is 2.97. The van der Waals surface area contributed by atoms with Gasteiger partial charge in [0.15, 0.2) is 17.3 Å². The normalized spacial score (nSPS) is 19.1. The summed E-state index contributed by atoms with van der Waals surface area (Å²) in [6.45, 7) is 1.19. The molecule has 1 unspecified atom stereocenters. The first-order valence-electron chi connectivity index (χ1n) is 5.60. The highest BCUT2D eigenvalue weighted by atomic mass is 16.5. The van der Waals surface area contributed by atoms with E-state index in [9.17, 15) is 4.79 Å². The van der Waals surface area contributed by atoms with Gasteiger partial charge < -0.3 is 14.2 Å². The fraction of sp³-hybridized carbons (Fsp3) is 0.462. The third-order valence-electron chi connectivity index (χ3n) is 2.97. The SMILES string of the molecule is COc1ccc(C(=O)C2CCOC2)cc1OC. The predicted octanol–water partition coefficient (Wildman–Crippen LogP) is 1.92. The van der Waals surface area contributed by atoms with Gasteiger partial charge in [-0.05, 0) is 24.6 Å². The molecule has 0 aliphatic carbocycles. The van der Waals surface area contributed by atoms with Crippen LogP contribution in [0.3, 0.4) is 0 Å². The van der Waals surface area contributed by atoms with Gasteiger partial charge >= 0.3 is 0 Å². The van der Waals surface area contributed by atoms with Gasteiger partial charge in [0.25, 0.3) is 0 Å².